The van der Waals surface area contributed by atoms with Gasteiger partial charge in [0.05, 0.1) is 18.3 Å². The van der Waals surface area contributed by atoms with Crippen molar-refractivity contribution in [3.8, 4) is 0 Å². The van der Waals surface area contributed by atoms with Gasteiger partial charge < -0.3 is 15.6 Å². The second kappa shape index (κ2) is 6.86. The third-order valence-electron chi connectivity index (χ3n) is 3.04. The summed E-state index contributed by atoms with van der Waals surface area (Å²) in [7, 11) is 0. The van der Waals surface area contributed by atoms with Crippen LogP contribution in [0.25, 0.3) is 0 Å². The van der Waals surface area contributed by atoms with Crippen LogP contribution in [0.15, 0.2) is 40.9 Å². The standard InChI is InChI=1S/C15H19N3O2/c1-11-9-13(20-18-11)10-17-15(19)14(16)8-7-12-5-3-2-4-6-12/h2-6,9,14H,7-8,10,16H2,1H3,(H,17,19)/t14-/m0/s1. The summed E-state index contributed by atoms with van der Waals surface area (Å²) < 4.78 is 5.02. The highest BCUT2D eigenvalue weighted by molar-refractivity contribution is 5.81. The van der Waals surface area contributed by atoms with Crippen LogP contribution in [0.1, 0.15) is 23.4 Å². The lowest BCUT2D eigenvalue weighted by Crippen LogP contribution is -2.40. The summed E-state index contributed by atoms with van der Waals surface area (Å²) in [5, 5.41) is 6.51. The zero-order valence-electron chi connectivity index (χ0n) is 11.5. The van der Waals surface area contributed by atoms with Crippen LogP contribution in [0.5, 0.6) is 0 Å². The number of nitrogens with zero attached hydrogens (tertiary/aromatic N) is 1. The van der Waals surface area contributed by atoms with E-state index in [-0.39, 0.29) is 5.91 Å². The quantitative estimate of drug-likeness (QED) is 0.837. The average Bonchev–Trinajstić information content (AvgIpc) is 2.89. The minimum absolute atomic E-state index is 0.171. The summed E-state index contributed by atoms with van der Waals surface area (Å²) in [4.78, 5) is 11.8. The smallest absolute Gasteiger partial charge is 0.237 e. The van der Waals surface area contributed by atoms with Crippen LogP contribution in [-0.2, 0) is 17.8 Å². The van der Waals surface area contributed by atoms with Crippen molar-refractivity contribution in [2.75, 3.05) is 0 Å². The molecule has 20 heavy (non-hydrogen) atoms. The number of benzene rings is 1. The highest BCUT2D eigenvalue weighted by atomic mass is 16.5. The molecule has 0 spiro atoms. The molecule has 1 aromatic carbocycles. The molecule has 0 fully saturated rings. The van der Waals surface area contributed by atoms with Crippen molar-refractivity contribution in [1.82, 2.24) is 10.5 Å². The molecule has 1 atom stereocenters. The zero-order valence-corrected chi connectivity index (χ0v) is 11.5. The largest absolute Gasteiger partial charge is 0.359 e. The van der Waals surface area contributed by atoms with Gasteiger partial charge in [-0.3, -0.25) is 4.79 Å². The molecule has 1 heterocycles. The number of nitrogens with two attached hydrogens (primary N) is 1. The Labute approximate surface area is 118 Å². The summed E-state index contributed by atoms with van der Waals surface area (Å²) in [6.07, 6.45) is 1.40. The summed E-state index contributed by atoms with van der Waals surface area (Å²) in [6.45, 7) is 2.15. The Morgan fingerprint density at radius 1 is 1.40 bits per heavy atom. The molecule has 0 aliphatic rings. The van der Waals surface area contributed by atoms with Gasteiger partial charge in [-0.15, -0.1) is 0 Å². The van der Waals surface area contributed by atoms with E-state index in [1.807, 2.05) is 37.3 Å². The SMILES string of the molecule is Cc1cc(CNC(=O)[C@@H](N)CCc2ccccc2)on1. The molecule has 0 bridgehead atoms. The van der Waals surface area contributed by atoms with Crippen molar-refractivity contribution in [1.29, 1.82) is 0 Å². The zero-order chi connectivity index (χ0) is 14.4. The van der Waals surface area contributed by atoms with Crippen molar-refractivity contribution < 1.29 is 9.32 Å². The number of nitrogens with one attached hydrogen (secondary N) is 1. The maximum Gasteiger partial charge on any atom is 0.237 e. The lowest BCUT2D eigenvalue weighted by molar-refractivity contribution is -0.122. The fraction of sp³-hybridized carbons (Fsp3) is 0.333. The number of carbonyl (C=O) groups is 1. The maximum absolute atomic E-state index is 11.8. The van der Waals surface area contributed by atoms with Crippen LogP contribution in [-0.4, -0.2) is 17.1 Å². The average molecular weight is 273 g/mol. The molecule has 0 saturated carbocycles. The van der Waals surface area contributed by atoms with Gasteiger partial charge >= 0.3 is 0 Å². The molecule has 1 amide bonds. The first-order valence-corrected chi connectivity index (χ1v) is 6.64. The molecule has 2 aromatic rings. The van der Waals surface area contributed by atoms with Gasteiger partial charge in [0.2, 0.25) is 5.91 Å². The minimum atomic E-state index is -0.515. The van der Waals surface area contributed by atoms with Crippen molar-refractivity contribution in [3.05, 3.63) is 53.4 Å². The van der Waals surface area contributed by atoms with E-state index in [0.29, 0.717) is 18.7 Å². The highest BCUT2D eigenvalue weighted by Crippen LogP contribution is 2.05. The number of carbonyl (C=O) groups excluding carboxylic acids is 1. The van der Waals surface area contributed by atoms with Gasteiger partial charge in [0.1, 0.15) is 0 Å². The predicted octanol–water partition coefficient (Wildman–Crippen LogP) is 1.56. The van der Waals surface area contributed by atoms with Crippen molar-refractivity contribution in [3.63, 3.8) is 0 Å². The Morgan fingerprint density at radius 2 is 2.15 bits per heavy atom. The summed E-state index contributed by atoms with van der Waals surface area (Å²) >= 11 is 0. The summed E-state index contributed by atoms with van der Waals surface area (Å²) in [5.74, 6) is 0.459. The molecular weight excluding hydrogens is 254 g/mol. The number of hydrogen-bond acceptors (Lipinski definition) is 4. The van der Waals surface area contributed by atoms with E-state index in [1.54, 1.807) is 6.07 Å². The van der Waals surface area contributed by atoms with Gasteiger partial charge in [-0.05, 0) is 25.3 Å². The number of hydrogen-bond donors (Lipinski definition) is 2. The first-order chi connectivity index (χ1) is 9.65. The van der Waals surface area contributed by atoms with Crippen LogP contribution in [0.3, 0.4) is 0 Å². The van der Waals surface area contributed by atoms with E-state index < -0.39 is 6.04 Å². The first kappa shape index (κ1) is 14.3. The van der Waals surface area contributed by atoms with E-state index in [0.717, 1.165) is 12.1 Å². The topological polar surface area (TPSA) is 81.2 Å². The van der Waals surface area contributed by atoms with Gasteiger partial charge in [0.15, 0.2) is 5.76 Å². The van der Waals surface area contributed by atoms with Gasteiger partial charge in [0, 0.05) is 6.07 Å². The van der Waals surface area contributed by atoms with Gasteiger partial charge in [0.25, 0.3) is 0 Å². The number of amides is 1. The molecular formula is C15H19N3O2. The molecule has 2 rings (SSSR count). The molecule has 106 valence electrons. The van der Waals surface area contributed by atoms with Crippen molar-refractivity contribution in [2.45, 2.75) is 32.4 Å². The van der Waals surface area contributed by atoms with Gasteiger partial charge in [-0.1, -0.05) is 35.5 Å². The lowest BCUT2D eigenvalue weighted by atomic mass is 10.1. The highest BCUT2D eigenvalue weighted by Gasteiger charge is 2.13. The molecule has 0 aliphatic carbocycles. The van der Waals surface area contributed by atoms with Crippen LogP contribution >= 0.6 is 0 Å². The third kappa shape index (κ3) is 4.20. The summed E-state index contributed by atoms with van der Waals surface area (Å²) in [6, 6.07) is 11.3. The Morgan fingerprint density at radius 3 is 2.80 bits per heavy atom. The predicted molar refractivity (Wildman–Crippen MR) is 75.8 cm³/mol. The Bertz CT molecular complexity index is 551. The van der Waals surface area contributed by atoms with E-state index in [2.05, 4.69) is 10.5 Å². The van der Waals surface area contributed by atoms with Crippen LogP contribution < -0.4 is 11.1 Å². The number of aryl methyl sites for hydroxylation is 2. The monoisotopic (exact) mass is 273 g/mol. The fourth-order valence-corrected chi connectivity index (χ4v) is 1.90. The second-order valence-electron chi connectivity index (χ2n) is 4.78. The van der Waals surface area contributed by atoms with Crippen molar-refractivity contribution >= 4 is 5.91 Å². The van der Waals surface area contributed by atoms with Crippen molar-refractivity contribution in [2.24, 2.45) is 5.73 Å². The Balaban J connectivity index is 1.74. The summed E-state index contributed by atoms with van der Waals surface area (Å²) in [5.41, 5.74) is 7.85. The molecule has 1 aromatic heterocycles. The second-order valence-corrected chi connectivity index (χ2v) is 4.78. The maximum atomic E-state index is 11.8. The Hall–Kier alpha value is -2.14. The minimum Gasteiger partial charge on any atom is -0.359 e. The normalized spacial score (nSPS) is 12.1. The Kier molecular flexibility index (Phi) is 4.90. The van der Waals surface area contributed by atoms with E-state index in [1.165, 1.54) is 5.56 Å². The molecule has 0 radical (unpaired) electrons. The van der Waals surface area contributed by atoms with E-state index in [9.17, 15) is 4.79 Å². The van der Waals surface area contributed by atoms with E-state index in [4.69, 9.17) is 10.3 Å². The molecule has 3 N–H and O–H groups in total. The fourth-order valence-electron chi connectivity index (χ4n) is 1.90. The van der Waals surface area contributed by atoms with Crippen LogP contribution in [0.4, 0.5) is 0 Å². The van der Waals surface area contributed by atoms with Crippen LogP contribution in [0.2, 0.25) is 0 Å². The third-order valence-corrected chi connectivity index (χ3v) is 3.04. The first-order valence-electron chi connectivity index (χ1n) is 6.64. The van der Waals surface area contributed by atoms with E-state index >= 15 is 0 Å². The molecule has 5 heteroatoms. The number of rotatable bonds is 6. The van der Waals surface area contributed by atoms with Gasteiger partial charge in [-0.2, -0.15) is 0 Å². The lowest BCUT2D eigenvalue weighted by Gasteiger charge is -2.11. The van der Waals surface area contributed by atoms with Gasteiger partial charge in [-0.25, -0.2) is 0 Å². The molecule has 0 saturated heterocycles. The number of aromatic nitrogens is 1. The molecule has 0 aliphatic heterocycles. The molecule has 0 unspecified atom stereocenters. The molecule has 5 nitrogen and oxygen atoms in total. The van der Waals surface area contributed by atoms with Crippen LogP contribution in [0, 0.1) is 6.92 Å².